The van der Waals surface area contributed by atoms with Gasteiger partial charge in [0.15, 0.2) is 0 Å². The summed E-state index contributed by atoms with van der Waals surface area (Å²) in [5.41, 5.74) is 4.84. The number of hydrogen-bond acceptors (Lipinski definition) is 3. The number of carbonyl (C=O) groups excluding carboxylic acids is 1. The van der Waals surface area contributed by atoms with Crippen molar-refractivity contribution in [2.75, 3.05) is 0 Å². The number of ether oxygens (including phenoxy) is 1. The van der Waals surface area contributed by atoms with E-state index in [0.29, 0.717) is 18.0 Å². The van der Waals surface area contributed by atoms with Gasteiger partial charge < -0.3 is 10.1 Å². The number of aryl methyl sites for hydroxylation is 3. The lowest BCUT2D eigenvalue weighted by molar-refractivity contribution is 0.0951. The van der Waals surface area contributed by atoms with Gasteiger partial charge in [0.05, 0.1) is 0 Å². The van der Waals surface area contributed by atoms with Crippen LogP contribution in [0.15, 0.2) is 60.8 Å². The molecule has 3 rings (SSSR count). The van der Waals surface area contributed by atoms with E-state index in [1.54, 1.807) is 6.20 Å². The molecule has 132 valence electrons. The third kappa shape index (κ3) is 4.48. The van der Waals surface area contributed by atoms with E-state index in [4.69, 9.17) is 4.74 Å². The van der Waals surface area contributed by atoms with E-state index in [-0.39, 0.29) is 5.91 Å². The summed E-state index contributed by atoms with van der Waals surface area (Å²) in [7, 11) is 0. The van der Waals surface area contributed by atoms with Gasteiger partial charge in [-0.05, 0) is 55.7 Å². The quantitative estimate of drug-likeness (QED) is 0.727. The Kier molecular flexibility index (Phi) is 5.32. The third-order valence-electron chi connectivity index (χ3n) is 4.09. The maximum absolute atomic E-state index is 12.2. The van der Waals surface area contributed by atoms with Crippen LogP contribution in [0.2, 0.25) is 0 Å². The second kappa shape index (κ2) is 7.83. The minimum Gasteiger partial charge on any atom is -0.439 e. The van der Waals surface area contributed by atoms with Crippen molar-refractivity contribution in [2.24, 2.45) is 0 Å². The molecule has 0 radical (unpaired) electrons. The van der Waals surface area contributed by atoms with Gasteiger partial charge in [-0.25, -0.2) is 4.98 Å². The molecule has 3 aromatic rings. The summed E-state index contributed by atoms with van der Waals surface area (Å²) in [6.07, 6.45) is 1.72. The van der Waals surface area contributed by atoms with Crippen LogP contribution < -0.4 is 10.1 Å². The van der Waals surface area contributed by atoms with Crippen molar-refractivity contribution in [3.8, 4) is 11.6 Å². The first-order valence-electron chi connectivity index (χ1n) is 8.56. The van der Waals surface area contributed by atoms with E-state index in [0.717, 1.165) is 28.0 Å². The van der Waals surface area contributed by atoms with Crippen LogP contribution in [0.5, 0.6) is 11.6 Å². The minimum atomic E-state index is -0.0931. The molecular formula is C22H22N2O2. The van der Waals surface area contributed by atoms with Gasteiger partial charge in [-0.1, -0.05) is 35.9 Å². The molecule has 0 bridgehead atoms. The monoisotopic (exact) mass is 346 g/mol. The van der Waals surface area contributed by atoms with Crippen molar-refractivity contribution in [3.63, 3.8) is 0 Å². The van der Waals surface area contributed by atoms with Gasteiger partial charge in [-0.2, -0.15) is 0 Å². The van der Waals surface area contributed by atoms with Gasteiger partial charge in [0.25, 0.3) is 5.91 Å². The average molecular weight is 346 g/mol. The largest absolute Gasteiger partial charge is 0.439 e. The molecule has 0 fully saturated rings. The Morgan fingerprint density at radius 2 is 1.81 bits per heavy atom. The van der Waals surface area contributed by atoms with Crippen LogP contribution in [0.1, 0.15) is 32.6 Å². The number of carbonyl (C=O) groups is 1. The molecule has 1 aromatic heterocycles. The van der Waals surface area contributed by atoms with Crippen LogP contribution in [0.3, 0.4) is 0 Å². The lowest BCUT2D eigenvalue weighted by Gasteiger charge is -2.10. The second-order valence-corrected chi connectivity index (χ2v) is 6.43. The van der Waals surface area contributed by atoms with Crippen molar-refractivity contribution in [1.82, 2.24) is 10.3 Å². The highest BCUT2D eigenvalue weighted by atomic mass is 16.5. The Morgan fingerprint density at radius 3 is 2.54 bits per heavy atom. The van der Waals surface area contributed by atoms with Crippen molar-refractivity contribution >= 4 is 5.91 Å². The maximum atomic E-state index is 12.2. The highest BCUT2D eigenvalue weighted by molar-refractivity contribution is 5.94. The molecular weight excluding hydrogens is 324 g/mol. The summed E-state index contributed by atoms with van der Waals surface area (Å²) < 4.78 is 5.85. The maximum Gasteiger partial charge on any atom is 0.251 e. The third-order valence-corrected chi connectivity index (χ3v) is 4.09. The van der Waals surface area contributed by atoms with E-state index in [9.17, 15) is 4.79 Å². The molecule has 0 aliphatic carbocycles. The molecule has 0 saturated heterocycles. The van der Waals surface area contributed by atoms with Crippen LogP contribution in [-0.2, 0) is 6.54 Å². The van der Waals surface area contributed by atoms with Crippen molar-refractivity contribution < 1.29 is 9.53 Å². The summed E-state index contributed by atoms with van der Waals surface area (Å²) in [5.74, 6) is 1.25. The Hall–Kier alpha value is -3.14. The summed E-state index contributed by atoms with van der Waals surface area (Å²) in [6.45, 7) is 6.42. The van der Waals surface area contributed by atoms with E-state index in [2.05, 4.69) is 16.4 Å². The molecule has 0 aliphatic rings. The van der Waals surface area contributed by atoms with Gasteiger partial charge in [0, 0.05) is 24.4 Å². The number of nitrogens with one attached hydrogen (secondary N) is 1. The Balaban J connectivity index is 1.61. The molecule has 2 aromatic carbocycles. The van der Waals surface area contributed by atoms with Crippen LogP contribution >= 0.6 is 0 Å². The van der Waals surface area contributed by atoms with E-state index < -0.39 is 0 Å². The zero-order valence-electron chi connectivity index (χ0n) is 15.2. The highest BCUT2D eigenvalue weighted by Gasteiger charge is 2.06. The predicted molar refractivity (Wildman–Crippen MR) is 103 cm³/mol. The number of pyridine rings is 1. The zero-order valence-corrected chi connectivity index (χ0v) is 15.2. The summed E-state index contributed by atoms with van der Waals surface area (Å²) in [6, 6.07) is 17.3. The van der Waals surface area contributed by atoms with E-state index in [1.165, 1.54) is 0 Å². The number of rotatable bonds is 5. The van der Waals surface area contributed by atoms with Gasteiger partial charge in [-0.3, -0.25) is 4.79 Å². The molecule has 0 spiro atoms. The summed E-state index contributed by atoms with van der Waals surface area (Å²) in [5, 5.41) is 2.91. The molecule has 1 N–H and O–H groups in total. The molecule has 0 atom stereocenters. The van der Waals surface area contributed by atoms with Crippen LogP contribution in [0, 0.1) is 20.8 Å². The summed E-state index contributed by atoms with van der Waals surface area (Å²) >= 11 is 0. The first-order chi connectivity index (χ1) is 12.5. The topological polar surface area (TPSA) is 51.2 Å². The van der Waals surface area contributed by atoms with Gasteiger partial charge in [-0.15, -0.1) is 0 Å². The molecule has 4 nitrogen and oxygen atoms in total. The molecule has 4 heteroatoms. The SMILES string of the molecule is Cc1cccc(C(=O)NCc2ccc(Oc3cc(C)ccc3C)nc2)c1. The Morgan fingerprint density at radius 1 is 1.00 bits per heavy atom. The molecule has 26 heavy (non-hydrogen) atoms. The molecule has 0 saturated carbocycles. The Bertz CT molecular complexity index is 918. The fraction of sp³-hybridized carbons (Fsp3) is 0.182. The van der Waals surface area contributed by atoms with Crippen molar-refractivity contribution in [2.45, 2.75) is 27.3 Å². The van der Waals surface area contributed by atoms with Crippen LogP contribution in [0.4, 0.5) is 0 Å². The van der Waals surface area contributed by atoms with E-state index in [1.807, 2.05) is 69.3 Å². The fourth-order valence-corrected chi connectivity index (χ4v) is 2.58. The first kappa shape index (κ1) is 17.7. The number of hydrogen-bond donors (Lipinski definition) is 1. The zero-order chi connectivity index (χ0) is 18.5. The van der Waals surface area contributed by atoms with E-state index >= 15 is 0 Å². The number of nitrogens with zero attached hydrogens (tertiary/aromatic N) is 1. The number of benzene rings is 2. The Labute approximate surface area is 153 Å². The fourth-order valence-electron chi connectivity index (χ4n) is 2.58. The van der Waals surface area contributed by atoms with Gasteiger partial charge in [0.1, 0.15) is 5.75 Å². The summed E-state index contributed by atoms with van der Waals surface area (Å²) in [4.78, 5) is 16.5. The lowest BCUT2D eigenvalue weighted by Crippen LogP contribution is -2.22. The predicted octanol–water partition coefficient (Wildman–Crippen LogP) is 4.73. The van der Waals surface area contributed by atoms with Gasteiger partial charge >= 0.3 is 0 Å². The molecule has 1 amide bonds. The lowest BCUT2D eigenvalue weighted by atomic mass is 10.1. The van der Waals surface area contributed by atoms with Crippen LogP contribution in [-0.4, -0.2) is 10.9 Å². The number of aromatic nitrogens is 1. The van der Waals surface area contributed by atoms with Crippen LogP contribution in [0.25, 0.3) is 0 Å². The van der Waals surface area contributed by atoms with Crippen molar-refractivity contribution in [1.29, 1.82) is 0 Å². The smallest absolute Gasteiger partial charge is 0.251 e. The highest BCUT2D eigenvalue weighted by Crippen LogP contribution is 2.24. The normalized spacial score (nSPS) is 10.4. The second-order valence-electron chi connectivity index (χ2n) is 6.43. The average Bonchev–Trinajstić information content (AvgIpc) is 2.64. The van der Waals surface area contributed by atoms with Gasteiger partial charge in [0.2, 0.25) is 5.88 Å². The van der Waals surface area contributed by atoms with Crippen molar-refractivity contribution in [3.05, 3.63) is 88.6 Å². The molecule has 0 aliphatic heterocycles. The minimum absolute atomic E-state index is 0.0931. The first-order valence-corrected chi connectivity index (χ1v) is 8.56. The standard InChI is InChI=1S/C22H22N2O2/c1-15-5-4-6-19(11-15)22(25)24-14-18-9-10-21(23-13-18)26-20-12-16(2)7-8-17(20)3/h4-13H,14H2,1-3H3,(H,24,25). The molecule has 0 unspecified atom stereocenters. The number of amides is 1. The molecule has 1 heterocycles.